The Morgan fingerprint density at radius 2 is 2.00 bits per heavy atom. The first kappa shape index (κ1) is 18.8. The van der Waals surface area contributed by atoms with Crippen molar-refractivity contribution in [2.24, 2.45) is 13.0 Å². The number of urea groups is 1. The standard InChI is InChI=1S/C18H32N4O2/c1-4-15-14(17(5-2)22(3)21-15)11-19-18(24)20-16-10-8-6-7-9-13(16)12-23/h13,16,23H,4-12H2,1-3H3,(H2,19,20,24). The molecule has 2 amide bonds. The highest BCUT2D eigenvalue weighted by Gasteiger charge is 2.24. The van der Waals surface area contributed by atoms with Crippen LogP contribution in [0, 0.1) is 5.92 Å². The number of aryl methyl sites for hydroxylation is 2. The van der Waals surface area contributed by atoms with Gasteiger partial charge in [-0.3, -0.25) is 4.68 Å². The van der Waals surface area contributed by atoms with Crippen LogP contribution in [-0.2, 0) is 26.4 Å². The molecular formula is C18H32N4O2. The van der Waals surface area contributed by atoms with Gasteiger partial charge in [-0.15, -0.1) is 0 Å². The average Bonchev–Trinajstić information content (AvgIpc) is 2.73. The van der Waals surface area contributed by atoms with E-state index in [9.17, 15) is 9.90 Å². The molecule has 1 saturated carbocycles. The number of nitrogens with one attached hydrogen (secondary N) is 2. The highest BCUT2D eigenvalue weighted by Crippen LogP contribution is 2.23. The normalized spacial score (nSPS) is 21.3. The van der Waals surface area contributed by atoms with Gasteiger partial charge in [-0.05, 0) is 25.7 Å². The molecule has 6 heteroatoms. The number of aromatic nitrogens is 2. The fourth-order valence-corrected chi connectivity index (χ4v) is 3.78. The lowest BCUT2D eigenvalue weighted by molar-refractivity contribution is 0.179. The zero-order chi connectivity index (χ0) is 17.5. The second kappa shape index (κ2) is 9.06. The summed E-state index contributed by atoms with van der Waals surface area (Å²) in [6.45, 7) is 4.84. The third-order valence-corrected chi connectivity index (χ3v) is 5.16. The Morgan fingerprint density at radius 3 is 2.67 bits per heavy atom. The Labute approximate surface area is 145 Å². The minimum Gasteiger partial charge on any atom is -0.396 e. The minimum absolute atomic E-state index is 0.0719. The van der Waals surface area contributed by atoms with E-state index in [0.29, 0.717) is 6.54 Å². The number of amides is 2. The van der Waals surface area contributed by atoms with E-state index >= 15 is 0 Å². The quantitative estimate of drug-likeness (QED) is 0.697. The van der Waals surface area contributed by atoms with Crippen LogP contribution in [-0.4, -0.2) is 33.6 Å². The first-order valence-electron chi connectivity index (χ1n) is 9.29. The number of hydrogen-bond donors (Lipinski definition) is 3. The van der Waals surface area contributed by atoms with Crippen LogP contribution in [0.1, 0.15) is 62.9 Å². The molecule has 0 saturated heterocycles. The summed E-state index contributed by atoms with van der Waals surface area (Å²) in [5.41, 5.74) is 3.37. The Morgan fingerprint density at radius 1 is 1.25 bits per heavy atom. The van der Waals surface area contributed by atoms with Crippen molar-refractivity contribution in [3.63, 3.8) is 0 Å². The molecule has 2 atom stereocenters. The van der Waals surface area contributed by atoms with Crippen LogP contribution in [0.15, 0.2) is 0 Å². The van der Waals surface area contributed by atoms with Crippen LogP contribution in [0.3, 0.4) is 0 Å². The van der Waals surface area contributed by atoms with Gasteiger partial charge in [0, 0.05) is 43.4 Å². The number of carbonyl (C=O) groups is 1. The molecule has 0 bridgehead atoms. The van der Waals surface area contributed by atoms with Crippen LogP contribution in [0.25, 0.3) is 0 Å². The SMILES string of the molecule is CCc1nn(C)c(CC)c1CNC(=O)NC1CCCCCC1CO. The molecule has 0 radical (unpaired) electrons. The topological polar surface area (TPSA) is 79.2 Å². The lowest BCUT2D eigenvalue weighted by Gasteiger charge is -2.24. The van der Waals surface area contributed by atoms with Crippen molar-refractivity contribution < 1.29 is 9.90 Å². The molecule has 1 aromatic heterocycles. The van der Waals surface area contributed by atoms with Gasteiger partial charge in [-0.2, -0.15) is 5.10 Å². The van der Waals surface area contributed by atoms with Crippen molar-refractivity contribution in [2.45, 2.75) is 71.4 Å². The van der Waals surface area contributed by atoms with E-state index in [4.69, 9.17) is 0 Å². The predicted octanol–water partition coefficient (Wildman–Crippen LogP) is 2.29. The molecule has 2 rings (SSSR count). The average molecular weight is 336 g/mol. The Bertz CT molecular complexity index is 541. The second-order valence-corrected chi connectivity index (χ2v) is 6.72. The highest BCUT2D eigenvalue weighted by molar-refractivity contribution is 5.74. The molecule has 136 valence electrons. The molecule has 6 nitrogen and oxygen atoms in total. The number of aliphatic hydroxyl groups is 1. The lowest BCUT2D eigenvalue weighted by Crippen LogP contribution is -2.46. The van der Waals surface area contributed by atoms with Crippen molar-refractivity contribution in [3.8, 4) is 0 Å². The summed E-state index contributed by atoms with van der Waals surface area (Å²) in [6, 6.07) is -0.0731. The van der Waals surface area contributed by atoms with Crippen LogP contribution < -0.4 is 10.6 Å². The van der Waals surface area contributed by atoms with Crippen molar-refractivity contribution in [2.75, 3.05) is 6.61 Å². The van der Waals surface area contributed by atoms with Gasteiger partial charge in [0.25, 0.3) is 0 Å². The molecule has 1 aliphatic rings. The summed E-state index contributed by atoms with van der Waals surface area (Å²) >= 11 is 0. The summed E-state index contributed by atoms with van der Waals surface area (Å²) in [5, 5.41) is 20.2. The fourth-order valence-electron chi connectivity index (χ4n) is 3.78. The van der Waals surface area contributed by atoms with Crippen molar-refractivity contribution in [1.29, 1.82) is 0 Å². The third-order valence-electron chi connectivity index (χ3n) is 5.16. The molecule has 1 fully saturated rings. The summed E-state index contributed by atoms with van der Waals surface area (Å²) in [4.78, 5) is 12.3. The summed E-state index contributed by atoms with van der Waals surface area (Å²) < 4.78 is 1.92. The van der Waals surface area contributed by atoms with Crippen LogP contribution in [0.2, 0.25) is 0 Å². The molecular weight excluding hydrogens is 304 g/mol. The van der Waals surface area contributed by atoms with Gasteiger partial charge < -0.3 is 15.7 Å². The van der Waals surface area contributed by atoms with E-state index in [-0.39, 0.29) is 24.6 Å². The zero-order valence-corrected chi connectivity index (χ0v) is 15.3. The van der Waals surface area contributed by atoms with Gasteiger partial charge >= 0.3 is 6.03 Å². The van der Waals surface area contributed by atoms with Crippen molar-refractivity contribution >= 4 is 6.03 Å². The first-order chi connectivity index (χ1) is 11.6. The molecule has 0 aromatic carbocycles. The van der Waals surface area contributed by atoms with Crippen molar-refractivity contribution in [1.82, 2.24) is 20.4 Å². The largest absolute Gasteiger partial charge is 0.396 e. The van der Waals surface area contributed by atoms with Crippen molar-refractivity contribution in [3.05, 3.63) is 17.0 Å². The van der Waals surface area contributed by atoms with Gasteiger partial charge in [-0.1, -0.05) is 33.1 Å². The van der Waals surface area contributed by atoms with Gasteiger partial charge in [-0.25, -0.2) is 4.79 Å². The number of rotatable bonds is 6. The van der Waals surface area contributed by atoms with Crippen LogP contribution in [0.5, 0.6) is 0 Å². The van der Waals surface area contributed by atoms with E-state index in [1.54, 1.807) is 0 Å². The van der Waals surface area contributed by atoms with E-state index in [1.807, 2.05) is 11.7 Å². The summed E-state index contributed by atoms with van der Waals surface area (Å²) in [5.74, 6) is 0.175. The number of hydrogen-bond acceptors (Lipinski definition) is 3. The Kier molecular flexibility index (Phi) is 7.09. The molecule has 24 heavy (non-hydrogen) atoms. The molecule has 0 spiro atoms. The smallest absolute Gasteiger partial charge is 0.315 e. The molecule has 1 aliphatic carbocycles. The minimum atomic E-state index is -0.145. The maximum Gasteiger partial charge on any atom is 0.315 e. The van der Waals surface area contributed by atoms with Crippen LogP contribution >= 0.6 is 0 Å². The maximum atomic E-state index is 12.3. The third kappa shape index (κ3) is 4.50. The lowest BCUT2D eigenvalue weighted by atomic mass is 9.96. The maximum absolute atomic E-state index is 12.3. The first-order valence-corrected chi connectivity index (χ1v) is 9.29. The van der Waals surface area contributed by atoms with E-state index < -0.39 is 0 Å². The predicted molar refractivity (Wildman–Crippen MR) is 94.8 cm³/mol. The second-order valence-electron chi connectivity index (χ2n) is 6.72. The molecule has 1 heterocycles. The zero-order valence-electron chi connectivity index (χ0n) is 15.3. The summed E-state index contributed by atoms with van der Waals surface area (Å²) in [7, 11) is 1.96. The van der Waals surface area contributed by atoms with E-state index in [0.717, 1.165) is 49.8 Å². The number of carbonyl (C=O) groups excluding carboxylic acids is 1. The van der Waals surface area contributed by atoms with E-state index in [1.165, 1.54) is 12.1 Å². The molecule has 3 N–H and O–H groups in total. The van der Waals surface area contributed by atoms with Gasteiger partial charge in [0.1, 0.15) is 0 Å². The number of nitrogens with zero attached hydrogens (tertiary/aromatic N) is 2. The molecule has 1 aromatic rings. The van der Waals surface area contributed by atoms with E-state index in [2.05, 4.69) is 29.6 Å². The monoisotopic (exact) mass is 336 g/mol. The number of aliphatic hydroxyl groups excluding tert-OH is 1. The van der Waals surface area contributed by atoms with Gasteiger partial charge in [0.15, 0.2) is 0 Å². The van der Waals surface area contributed by atoms with Gasteiger partial charge in [0.05, 0.1) is 5.69 Å². The Balaban J connectivity index is 1.95. The summed E-state index contributed by atoms with van der Waals surface area (Å²) in [6.07, 6.45) is 7.14. The Hall–Kier alpha value is -1.56. The molecule has 2 unspecified atom stereocenters. The van der Waals surface area contributed by atoms with Crippen LogP contribution in [0.4, 0.5) is 4.79 Å². The fraction of sp³-hybridized carbons (Fsp3) is 0.778. The van der Waals surface area contributed by atoms with Gasteiger partial charge in [0.2, 0.25) is 0 Å². The highest BCUT2D eigenvalue weighted by atomic mass is 16.3. The molecule has 0 aliphatic heterocycles.